The molecule has 5 nitrogen and oxygen atoms in total. The normalized spacial score (nSPS) is 14.2. The van der Waals surface area contributed by atoms with Gasteiger partial charge in [-0.25, -0.2) is 10.0 Å². The lowest BCUT2D eigenvalue weighted by Crippen LogP contribution is -2.48. The van der Waals surface area contributed by atoms with Crippen molar-refractivity contribution in [1.29, 1.82) is 0 Å². The van der Waals surface area contributed by atoms with E-state index in [0.717, 1.165) is 51.5 Å². The molecule has 0 heterocycles. The van der Waals surface area contributed by atoms with Gasteiger partial charge < -0.3 is 15.3 Å². The van der Waals surface area contributed by atoms with Gasteiger partial charge in [-0.2, -0.15) is 0 Å². The molecule has 0 aliphatic carbocycles. The summed E-state index contributed by atoms with van der Waals surface area (Å²) in [7, 11) is 2.15. The van der Waals surface area contributed by atoms with Crippen molar-refractivity contribution >= 4 is 0 Å². The Morgan fingerprint density at radius 2 is 0.738 bits per heavy atom. The predicted molar refractivity (Wildman–Crippen MR) is 184 cm³/mol. The van der Waals surface area contributed by atoms with Crippen LogP contribution in [0.5, 0.6) is 0 Å². The lowest BCUT2D eigenvalue weighted by atomic mass is 10.0. The maximum absolute atomic E-state index is 10.9. The average molecular weight is 599 g/mol. The molecule has 0 aromatic heterocycles. The van der Waals surface area contributed by atoms with E-state index in [9.17, 15) is 15.3 Å². The van der Waals surface area contributed by atoms with Crippen molar-refractivity contribution in [3.63, 3.8) is 0 Å². The van der Waals surface area contributed by atoms with Crippen molar-refractivity contribution in [3.05, 3.63) is 0 Å². The van der Waals surface area contributed by atoms with Crippen LogP contribution in [-0.4, -0.2) is 70.3 Å². The van der Waals surface area contributed by atoms with Crippen molar-refractivity contribution in [2.45, 2.75) is 212 Å². The molecule has 0 aliphatic rings. The number of hydrogen-bond donors (Lipinski definition) is 3. The minimum Gasteiger partial charge on any atom is -0.393 e. The van der Waals surface area contributed by atoms with Crippen molar-refractivity contribution in [3.8, 4) is 0 Å². The smallest absolute Gasteiger partial charge is 0.0681 e. The minimum atomic E-state index is -0.323. The van der Waals surface area contributed by atoms with Crippen LogP contribution in [0.15, 0.2) is 0 Å². The van der Waals surface area contributed by atoms with Crippen LogP contribution < -0.4 is 0 Å². The number of aliphatic hydroxyl groups excluding tert-OH is 3. The van der Waals surface area contributed by atoms with Crippen LogP contribution in [0.2, 0.25) is 0 Å². The molecule has 0 fully saturated rings. The second kappa shape index (κ2) is 32.2. The van der Waals surface area contributed by atoms with Gasteiger partial charge in [0.05, 0.1) is 18.3 Å². The highest BCUT2D eigenvalue weighted by molar-refractivity contribution is 4.69. The predicted octanol–water partition coefficient (Wildman–Crippen LogP) is 9.81. The van der Waals surface area contributed by atoms with Crippen LogP contribution in [0.1, 0.15) is 194 Å². The van der Waals surface area contributed by atoms with Crippen LogP contribution in [0.25, 0.3) is 0 Å². The van der Waals surface area contributed by atoms with E-state index in [2.05, 4.69) is 30.9 Å². The zero-order valence-electron chi connectivity index (χ0n) is 29.2. The first-order chi connectivity index (χ1) is 20.4. The first-order valence-corrected chi connectivity index (χ1v) is 18.9. The number of rotatable bonds is 34. The topological polar surface area (TPSA) is 67.2 Å². The van der Waals surface area contributed by atoms with Gasteiger partial charge >= 0.3 is 0 Å². The molecule has 0 radical (unpaired) electrons. The lowest BCUT2D eigenvalue weighted by Gasteiger charge is -2.35. The molecule has 3 N–H and O–H groups in total. The van der Waals surface area contributed by atoms with Gasteiger partial charge in [-0.15, -0.1) is 0 Å². The highest BCUT2D eigenvalue weighted by Crippen LogP contribution is 2.15. The Bertz CT molecular complexity index is 491. The van der Waals surface area contributed by atoms with Gasteiger partial charge in [0.1, 0.15) is 0 Å². The van der Waals surface area contributed by atoms with E-state index < -0.39 is 0 Å². The molecule has 3 unspecified atom stereocenters. The molecule has 0 bridgehead atoms. The van der Waals surface area contributed by atoms with Gasteiger partial charge in [-0.3, -0.25) is 0 Å². The monoisotopic (exact) mass is 599 g/mol. The standard InChI is InChI=1S/C37H78N2O3/c1-5-7-9-11-13-18-22-26-30-36(41)33-39(34-37(42)31-27-23-19-14-12-10-8-6-2)38(4)32-28-24-20-16-15-17-21-25-29-35(3)40/h35-37,40-42H,5-34H2,1-4H3. The Morgan fingerprint density at radius 3 is 1.10 bits per heavy atom. The summed E-state index contributed by atoms with van der Waals surface area (Å²) in [6, 6.07) is 0. The molecule has 0 amide bonds. The van der Waals surface area contributed by atoms with Crippen molar-refractivity contribution in [2.75, 3.05) is 26.7 Å². The maximum atomic E-state index is 10.9. The molecule has 0 aromatic carbocycles. The van der Waals surface area contributed by atoms with Crippen molar-refractivity contribution in [2.24, 2.45) is 0 Å². The summed E-state index contributed by atoms with van der Waals surface area (Å²) in [6.07, 6.45) is 32.5. The van der Waals surface area contributed by atoms with Crippen LogP contribution in [0.3, 0.4) is 0 Å². The summed E-state index contributed by atoms with van der Waals surface area (Å²) in [5.74, 6) is 0. The van der Waals surface area contributed by atoms with Gasteiger partial charge in [0, 0.05) is 26.7 Å². The third-order valence-corrected chi connectivity index (χ3v) is 8.96. The van der Waals surface area contributed by atoms with Gasteiger partial charge in [0.15, 0.2) is 0 Å². The van der Waals surface area contributed by atoms with E-state index in [1.54, 1.807) is 0 Å². The second-order valence-electron chi connectivity index (χ2n) is 13.6. The molecule has 0 spiro atoms. The first-order valence-electron chi connectivity index (χ1n) is 18.9. The summed E-state index contributed by atoms with van der Waals surface area (Å²) in [5.41, 5.74) is 0. The van der Waals surface area contributed by atoms with E-state index >= 15 is 0 Å². The van der Waals surface area contributed by atoms with E-state index in [0.29, 0.717) is 13.1 Å². The third kappa shape index (κ3) is 29.9. The Labute approximate surface area is 264 Å². The highest BCUT2D eigenvalue weighted by Gasteiger charge is 2.19. The van der Waals surface area contributed by atoms with E-state index in [4.69, 9.17) is 0 Å². The quantitative estimate of drug-likeness (QED) is 0.0508. The zero-order chi connectivity index (χ0) is 31.1. The van der Waals surface area contributed by atoms with Crippen LogP contribution in [0.4, 0.5) is 0 Å². The molecular formula is C37H78N2O3. The second-order valence-corrected chi connectivity index (χ2v) is 13.6. The average Bonchev–Trinajstić information content (AvgIpc) is 2.96. The largest absolute Gasteiger partial charge is 0.393 e. The fourth-order valence-corrected chi connectivity index (χ4v) is 6.03. The summed E-state index contributed by atoms with van der Waals surface area (Å²) in [4.78, 5) is 0. The Kier molecular flexibility index (Phi) is 32.0. The molecular weight excluding hydrogens is 520 g/mol. The highest BCUT2D eigenvalue weighted by atomic mass is 16.3. The van der Waals surface area contributed by atoms with E-state index in [-0.39, 0.29) is 18.3 Å². The third-order valence-electron chi connectivity index (χ3n) is 8.96. The molecule has 0 aliphatic heterocycles. The minimum absolute atomic E-state index is 0.154. The molecule has 3 atom stereocenters. The van der Waals surface area contributed by atoms with Gasteiger partial charge in [0.2, 0.25) is 0 Å². The van der Waals surface area contributed by atoms with Gasteiger partial charge in [-0.05, 0) is 32.6 Å². The summed E-state index contributed by atoms with van der Waals surface area (Å²) < 4.78 is 0. The molecule has 0 aromatic rings. The first kappa shape index (κ1) is 41.8. The Morgan fingerprint density at radius 1 is 0.429 bits per heavy atom. The molecule has 0 saturated heterocycles. The number of nitrogens with zero attached hydrogens (tertiary/aromatic N) is 2. The van der Waals surface area contributed by atoms with E-state index in [1.807, 2.05) is 6.92 Å². The Hall–Kier alpha value is -0.200. The van der Waals surface area contributed by atoms with Crippen LogP contribution in [-0.2, 0) is 0 Å². The van der Waals surface area contributed by atoms with Crippen LogP contribution in [0, 0.1) is 0 Å². The molecule has 42 heavy (non-hydrogen) atoms. The summed E-state index contributed by atoms with van der Waals surface area (Å²) >= 11 is 0. The molecule has 0 saturated carbocycles. The van der Waals surface area contributed by atoms with Crippen molar-refractivity contribution < 1.29 is 15.3 Å². The summed E-state index contributed by atoms with van der Waals surface area (Å²) in [6.45, 7) is 8.67. The SMILES string of the molecule is CCCCCCCCCCC(O)CN(CC(O)CCCCCCCCCC)N(C)CCCCCCCCCCC(C)O. The number of aliphatic hydroxyl groups is 3. The fourth-order valence-electron chi connectivity index (χ4n) is 6.03. The van der Waals surface area contributed by atoms with E-state index in [1.165, 1.54) is 128 Å². The van der Waals surface area contributed by atoms with Gasteiger partial charge in [0.25, 0.3) is 0 Å². The fraction of sp³-hybridized carbons (Fsp3) is 1.00. The number of unbranched alkanes of at least 4 members (excludes halogenated alkanes) is 21. The number of hydrogen-bond acceptors (Lipinski definition) is 5. The zero-order valence-corrected chi connectivity index (χ0v) is 29.2. The molecule has 254 valence electrons. The molecule has 5 heteroatoms. The van der Waals surface area contributed by atoms with Crippen molar-refractivity contribution in [1.82, 2.24) is 10.0 Å². The maximum Gasteiger partial charge on any atom is 0.0681 e. The number of hydrazine groups is 1. The lowest BCUT2D eigenvalue weighted by molar-refractivity contribution is -0.0632. The Balaban J connectivity index is 4.37. The molecule has 0 rings (SSSR count). The summed E-state index contributed by atoms with van der Waals surface area (Å²) in [5, 5.41) is 35.7. The van der Waals surface area contributed by atoms with Gasteiger partial charge in [-0.1, -0.05) is 162 Å². The van der Waals surface area contributed by atoms with Crippen LogP contribution >= 0.6 is 0 Å².